The fourth-order valence-corrected chi connectivity index (χ4v) is 7.50. The number of carbonyl (C=O) groups excluding carboxylic acids is 1. The van der Waals surface area contributed by atoms with Crippen molar-refractivity contribution in [1.82, 2.24) is 0 Å². The highest BCUT2D eigenvalue weighted by Crippen LogP contribution is 2.39. The van der Waals surface area contributed by atoms with Gasteiger partial charge in [-0.3, -0.25) is 9.80 Å². The van der Waals surface area contributed by atoms with Gasteiger partial charge in [-0.25, -0.2) is 4.79 Å². The van der Waals surface area contributed by atoms with E-state index >= 15 is 0 Å². The third-order valence-electron chi connectivity index (χ3n) is 10.3. The molecule has 0 unspecified atom stereocenters. The lowest BCUT2D eigenvalue weighted by Gasteiger charge is -2.27. The first-order valence-electron chi connectivity index (χ1n) is 19.0. The molecule has 1 aliphatic rings. The summed E-state index contributed by atoms with van der Waals surface area (Å²) in [7, 11) is 0. The second-order valence-electron chi connectivity index (χ2n) is 13.8. The Morgan fingerprint density at radius 2 is 0.536 bits per heavy atom. The smallest absolute Gasteiger partial charge is 0.311 e. The van der Waals surface area contributed by atoms with E-state index in [-0.39, 0.29) is 6.03 Å². The molecule has 0 bridgehead atoms. The lowest BCUT2D eigenvalue weighted by atomic mass is 10.0. The van der Waals surface area contributed by atoms with Crippen molar-refractivity contribution in [3.05, 3.63) is 218 Å². The van der Waals surface area contributed by atoms with Crippen LogP contribution in [0.2, 0.25) is 0 Å². The van der Waals surface area contributed by atoms with Crippen LogP contribution in [0.1, 0.15) is 0 Å². The van der Waals surface area contributed by atoms with E-state index in [4.69, 9.17) is 0 Å². The highest BCUT2D eigenvalue weighted by atomic mass is 16.2. The van der Waals surface area contributed by atoms with Crippen LogP contribution < -0.4 is 19.6 Å². The van der Waals surface area contributed by atoms with Crippen molar-refractivity contribution in [1.29, 1.82) is 0 Å². The molecule has 0 radical (unpaired) electrons. The van der Waals surface area contributed by atoms with Crippen LogP contribution in [0, 0.1) is 0 Å². The van der Waals surface area contributed by atoms with Gasteiger partial charge in [0, 0.05) is 58.6 Å². The van der Waals surface area contributed by atoms with E-state index in [1.165, 1.54) is 22.3 Å². The van der Waals surface area contributed by atoms with Gasteiger partial charge in [0.05, 0.1) is 0 Å². The molecule has 1 fully saturated rings. The van der Waals surface area contributed by atoms with Gasteiger partial charge in [0.15, 0.2) is 0 Å². The van der Waals surface area contributed by atoms with Crippen molar-refractivity contribution >= 4 is 51.5 Å². The van der Waals surface area contributed by atoms with Gasteiger partial charge in [-0.1, -0.05) is 121 Å². The van der Waals surface area contributed by atoms with E-state index < -0.39 is 0 Å². The maximum absolute atomic E-state index is 14.0. The van der Waals surface area contributed by atoms with Crippen LogP contribution in [0.25, 0.3) is 22.3 Å². The predicted molar refractivity (Wildman–Crippen MR) is 233 cm³/mol. The molecule has 5 nitrogen and oxygen atoms in total. The molecule has 1 heterocycles. The Kier molecular flexibility index (Phi) is 9.55. The Morgan fingerprint density at radius 1 is 0.286 bits per heavy atom. The molecule has 56 heavy (non-hydrogen) atoms. The van der Waals surface area contributed by atoms with Crippen molar-refractivity contribution < 1.29 is 4.79 Å². The SMILES string of the molecule is O=C1N(c2ccc(N(c3ccccc3)c3ccc(-c4ccccc4)cc3)cc2)CCN1c1ccc(N(c2ccccc2)c2ccc(-c3ccccc3)cc2)cc1. The molecule has 8 aromatic rings. The molecule has 270 valence electrons. The normalized spacial score (nSPS) is 12.5. The monoisotopic (exact) mass is 724 g/mol. The van der Waals surface area contributed by atoms with Gasteiger partial charge in [-0.15, -0.1) is 0 Å². The zero-order valence-corrected chi connectivity index (χ0v) is 30.9. The van der Waals surface area contributed by atoms with Gasteiger partial charge in [0.2, 0.25) is 0 Å². The molecule has 1 aliphatic heterocycles. The minimum atomic E-state index is -0.0293. The molecule has 0 atom stereocenters. The van der Waals surface area contributed by atoms with Crippen LogP contribution in [0.5, 0.6) is 0 Å². The van der Waals surface area contributed by atoms with Gasteiger partial charge >= 0.3 is 6.03 Å². The second kappa shape index (κ2) is 15.5. The summed E-state index contributed by atoms with van der Waals surface area (Å²) >= 11 is 0. The van der Waals surface area contributed by atoms with E-state index in [9.17, 15) is 4.79 Å². The minimum absolute atomic E-state index is 0.0293. The Labute approximate surface area is 328 Å². The topological polar surface area (TPSA) is 30.0 Å². The predicted octanol–water partition coefficient (Wildman–Crippen LogP) is 13.4. The number of rotatable bonds is 10. The Balaban J connectivity index is 0.938. The lowest BCUT2D eigenvalue weighted by molar-refractivity contribution is 0.256. The first kappa shape index (κ1) is 34.4. The Morgan fingerprint density at radius 3 is 0.857 bits per heavy atom. The Bertz CT molecular complexity index is 2330. The lowest BCUT2D eigenvalue weighted by Crippen LogP contribution is -2.31. The largest absolute Gasteiger partial charge is 0.329 e. The first-order valence-corrected chi connectivity index (χ1v) is 19.0. The quantitative estimate of drug-likeness (QED) is 0.141. The average Bonchev–Trinajstić information content (AvgIpc) is 3.67. The number of hydrogen-bond acceptors (Lipinski definition) is 3. The summed E-state index contributed by atoms with van der Waals surface area (Å²) in [5, 5.41) is 0. The molecule has 1 saturated heterocycles. The van der Waals surface area contributed by atoms with Crippen LogP contribution in [-0.2, 0) is 0 Å². The number of para-hydroxylation sites is 2. The fourth-order valence-electron chi connectivity index (χ4n) is 7.50. The van der Waals surface area contributed by atoms with Crippen LogP contribution in [0.15, 0.2) is 218 Å². The summed E-state index contributed by atoms with van der Waals surface area (Å²) < 4.78 is 0. The number of hydrogen-bond donors (Lipinski definition) is 0. The zero-order chi connectivity index (χ0) is 37.7. The maximum Gasteiger partial charge on any atom is 0.329 e. The van der Waals surface area contributed by atoms with Gasteiger partial charge < -0.3 is 9.80 Å². The van der Waals surface area contributed by atoms with Crippen molar-refractivity contribution in [3.63, 3.8) is 0 Å². The molecule has 5 heteroatoms. The van der Waals surface area contributed by atoms with E-state index in [0.717, 1.165) is 45.5 Å². The number of nitrogens with zero attached hydrogens (tertiary/aromatic N) is 4. The highest BCUT2D eigenvalue weighted by molar-refractivity contribution is 6.06. The minimum Gasteiger partial charge on any atom is -0.311 e. The van der Waals surface area contributed by atoms with E-state index in [0.29, 0.717) is 13.1 Å². The molecule has 8 aromatic carbocycles. The van der Waals surface area contributed by atoms with E-state index in [2.05, 4.69) is 204 Å². The van der Waals surface area contributed by atoms with Crippen molar-refractivity contribution in [2.24, 2.45) is 0 Å². The van der Waals surface area contributed by atoms with E-state index in [1.54, 1.807) is 0 Å². The third kappa shape index (κ3) is 7.02. The summed E-state index contributed by atoms with van der Waals surface area (Å²) in [6.07, 6.45) is 0. The van der Waals surface area contributed by atoms with Crippen molar-refractivity contribution in [2.45, 2.75) is 0 Å². The van der Waals surface area contributed by atoms with E-state index in [1.807, 2.05) is 34.1 Å². The number of carbonyl (C=O) groups is 1. The summed E-state index contributed by atoms with van der Waals surface area (Å²) in [6.45, 7) is 1.21. The van der Waals surface area contributed by atoms with Gasteiger partial charge in [-0.05, 0) is 119 Å². The first-order chi connectivity index (χ1) is 27.7. The molecule has 2 amide bonds. The van der Waals surface area contributed by atoms with Crippen LogP contribution in [0.3, 0.4) is 0 Å². The Hall–Kier alpha value is -7.37. The number of amides is 2. The van der Waals surface area contributed by atoms with Crippen LogP contribution >= 0.6 is 0 Å². The molecule has 0 saturated carbocycles. The van der Waals surface area contributed by atoms with Crippen LogP contribution in [0.4, 0.5) is 50.3 Å². The van der Waals surface area contributed by atoms with Crippen LogP contribution in [-0.4, -0.2) is 19.1 Å². The molecule has 0 aliphatic carbocycles. The van der Waals surface area contributed by atoms with Gasteiger partial charge in [-0.2, -0.15) is 0 Å². The molecular formula is C51H40N4O. The number of anilines is 8. The highest BCUT2D eigenvalue weighted by Gasteiger charge is 2.31. The van der Waals surface area contributed by atoms with Crippen molar-refractivity contribution in [2.75, 3.05) is 32.7 Å². The molecule has 0 spiro atoms. The molecule has 0 N–H and O–H groups in total. The summed E-state index contributed by atoms with van der Waals surface area (Å²) in [6, 6.07) is 75.5. The number of benzene rings is 8. The third-order valence-corrected chi connectivity index (χ3v) is 10.3. The fraction of sp³-hybridized carbons (Fsp3) is 0.0392. The van der Waals surface area contributed by atoms with Crippen molar-refractivity contribution in [3.8, 4) is 22.3 Å². The average molecular weight is 725 g/mol. The molecular weight excluding hydrogens is 685 g/mol. The molecule has 9 rings (SSSR count). The van der Waals surface area contributed by atoms with Gasteiger partial charge in [0.1, 0.15) is 0 Å². The maximum atomic E-state index is 14.0. The number of urea groups is 1. The zero-order valence-electron chi connectivity index (χ0n) is 30.9. The second-order valence-corrected chi connectivity index (χ2v) is 13.8. The molecule has 0 aromatic heterocycles. The standard InChI is InChI=1S/C51H40N4O/c56-51-52(43-29-33-49(34-30-43)54(45-17-9-3-10-18-45)47-25-21-41(22-26-47)39-13-5-1-6-14-39)37-38-53(51)44-31-35-50(36-32-44)55(46-19-11-4-12-20-46)48-27-23-42(24-28-48)40-15-7-2-8-16-40/h1-36H,37-38H2. The summed E-state index contributed by atoms with van der Waals surface area (Å²) in [5.41, 5.74) is 12.8. The van der Waals surface area contributed by atoms with Gasteiger partial charge in [0.25, 0.3) is 0 Å². The summed E-state index contributed by atoms with van der Waals surface area (Å²) in [4.78, 5) is 22.2. The summed E-state index contributed by atoms with van der Waals surface area (Å²) in [5.74, 6) is 0.